The summed E-state index contributed by atoms with van der Waals surface area (Å²) in [6, 6.07) is 4.97. The molecule has 0 saturated carbocycles. The lowest BCUT2D eigenvalue weighted by Gasteiger charge is -2.28. The summed E-state index contributed by atoms with van der Waals surface area (Å²) in [5, 5.41) is 2.86. The minimum atomic E-state index is -0.915. The van der Waals surface area contributed by atoms with Crippen molar-refractivity contribution in [3.63, 3.8) is 0 Å². The predicted octanol–water partition coefficient (Wildman–Crippen LogP) is 4.57. The van der Waals surface area contributed by atoms with Crippen molar-refractivity contribution >= 4 is 17.6 Å². The molecule has 0 aromatic heterocycles. The molecule has 0 unspecified atom stereocenters. The number of nitrogens with one attached hydrogen (secondary N) is 1. The van der Waals surface area contributed by atoms with Gasteiger partial charge in [0.25, 0.3) is 5.91 Å². The van der Waals surface area contributed by atoms with E-state index in [-0.39, 0.29) is 17.6 Å². The highest BCUT2D eigenvalue weighted by atomic mass is 16.5. The van der Waals surface area contributed by atoms with E-state index in [1.54, 1.807) is 25.1 Å². The largest absolute Gasteiger partial charge is 0.490 e. The molecule has 27 heavy (non-hydrogen) atoms. The summed E-state index contributed by atoms with van der Waals surface area (Å²) in [6.45, 7) is 10.1. The highest BCUT2D eigenvalue weighted by Crippen LogP contribution is 2.27. The fourth-order valence-electron chi connectivity index (χ4n) is 2.63. The molecular formula is C21H33NO5. The molecule has 0 aliphatic carbocycles. The number of hydrogen-bond donors (Lipinski definition) is 1. The van der Waals surface area contributed by atoms with E-state index in [1.165, 1.54) is 7.11 Å². The van der Waals surface area contributed by atoms with Crippen LogP contribution < -0.4 is 10.1 Å². The Labute approximate surface area is 162 Å². The fraction of sp³-hybridized carbons (Fsp3) is 0.619. The van der Waals surface area contributed by atoms with Crippen LogP contribution in [0.4, 0.5) is 5.69 Å². The van der Waals surface area contributed by atoms with Gasteiger partial charge in [-0.2, -0.15) is 0 Å². The number of benzene rings is 1. The van der Waals surface area contributed by atoms with E-state index in [4.69, 9.17) is 14.2 Å². The Balaban J connectivity index is 3.08. The van der Waals surface area contributed by atoms with Crippen molar-refractivity contribution in [2.75, 3.05) is 19.0 Å². The first-order chi connectivity index (χ1) is 12.8. The first kappa shape index (κ1) is 23.0. The normalized spacial score (nSPS) is 14.1. The molecule has 1 amide bonds. The summed E-state index contributed by atoms with van der Waals surface area (Å²) >= 11 is 0. The molecular weight excluding hydrogens is 346 g/mol. The molecule has 1 aromatic carbocycles. The summed E-state index contributed by atoms with van der Waals surface area (Å²) < 4.78 is 16.4. The number of unbranched alkanes of at least 4 members (excludes halogenated alkanes) is 1. The third kappa shape index (κ3) is 6.54. The lowest BCUT2D eigenvalue weighted by Crippen LogP contribution is -2.42. The van der Waals surface area contributed by atoms with Crippen molar-refractivity contribution in [1.29, 1.82) is 0 Å². The second kappa shape index (κ2) is 10.9. The Morgan fingerprint density at radius 3 is 2.48 bits per heavy atom. The number of amides is 1. The van der Waals surface area contributed by atoms with Gasteiger partial charge in [0, 0.05) is 12.3 Å². The Hall–Kier alpha value is -2.08. The molecule has 0 saturated heterocycles. The van der Waals surface area contributed by atoms with Crippen LogP contribution in [-0.4, -0.2) is 37.3 Å². The first-order valence-corrected chi connectivity index (χ1v) is 9.65. The van der Waals surface area contributed by atoms with E-state index in [0.717, 1.165) is 19.3 Å². The maximum Gasteiger partial charge on any atom is 0.341 e. The number of ether oxygens (including phenoxy) is 3. The van der Waals surface area contributed by atoms with Gasteiger partial charge in [-0.25, -0.2) is 4.79 Å². The van der Waals surface area contributed by atoms with Gasteiger partial charge in [-0.3, -0.25) is 4.79 Å². The Morgan fingerprint density at radius 2 is 1.93 bits per heavy atom. The predicted molar refractivity (Wildman–Crippen MR) is 106 cm³/mol. The molecule has 1 N–H and O–H groups in total. The molecule has 0 aliphatic heterocycles. The van der Waals surface area contributed by atoms with Crippen LogP contribution in [0.2, 0.25) is 0 Å². The molecule has 6 heteroatoms. The van der Waals surface area contributed by atoms with E-state index >= 15 is 0 Å². The lowest BCUT2D eigenvalue weighted by atomic mass is 9.97. The van der Waals surface area contributed by atoms with E-state index in [2.05, 4.69) is 12.2 Å². The van der Waals surface area contributed by atoms with Crippen LogP contribution in [-0.2, 0) is 14.3 Å². The standard InChI is InChI=1S/C21H33NO5/c1-7-10-13-21(5,26-9-3)20(24)22-16-11-12-18(27-15(4)8-2)17(14-16)19(23)25-6/h11-12,14-15H,7-10,13H2,1-6H3,(H,22,24)/t15-,21+/m0/s1. The van der Waals surface area contributed by atoms with Gasteiger partial charge >= 0.3 is 5.97 Å². The van der Waals surface area contributed by atoms with Gasteiger partial charge in [0.15, 0.2) is 0 Å². The molecule has 0 bridgehead atoms. The monoisotopic (exact) mass is 379 g/mol. The number of methoxy groups -OCH3 is 1. The van der Waals surface area contributed by atoms with Gasteiger partial charge in [-0.1, -0.05) is 26.7 Å². The average molecular weight is 379 g/mol. The zero-order valence-electron chi connectivity index (χ0n) is 17.4. The zero-order valence-corrected chi connectivity index (χ0v) is 17.4. The average Bonchev–Trinajstić information content (AvgIpc) is 2.66. The molecule has 0 fully saturated rings. The maximum absolute atomic E-state index is 12.8. The summed E-state index contributed by atoms with van der Waals surface area (Å²) in [7, 11) is 1.32. The highest BCUT2D eigenvalue weighted by molar-refractivity contribution is 5.99. The zero-order chi connectivity index (χ0) is 20.4. The van der Waals surface area contributed by atoms with Crippen molar-refractivity contribution in [3.8, 4) is 5.75 Å². The Morgan fingerprint density at radius 1 is 1.22 bits per heavy atom. The van der Waals surface area contributed by atoms with Crippen LogP contribution in [0.3, 0.4) is 0 Å². The van der Waals surface area contributed by atoms with Crippen LogP contribution in [0.5, 0.6) is 5.75 Å². The second-order valence-electron chi connectivity index (χ2n) is 6.76. The van der Waals surface area contributed by atoms with E-state index in [0.29, 0.717) is 24.5 Å². The number of anilines is 1. The van der Waals surface area contributed by atoms with Gasteiger partial charge in [0.05, 0.1) is 13.2 Å². The number of carbonyl (C=O) groups excluding carboxylic acids is 2. The van der Waals surface area contributed by atoms with Crippen molar-refractivity contribution in [1.82, 2.24) is 0 Å². The molecule has 0 radical (unpaired) electrons. The summed E-state index contributed by atoms with van der Waals surface area (Å²) in [5.41, 5.74) is -0.135. The van der Waals surface area contributed by atoms with Crippen LogP contribution in [0.15, 0.2) is 18.2 Å². The second-order valence-corrected chi connectivity index (χ2v) is 6.76. The molecule has 0 aliphatic rings. The molecule has 152 valence electrons. The molecule has 0 heterocycles. The summed E-state index contributed by atoms with van der Waals surface area (Å²) in [5.74, 6) is -0.306. The summed E-state index contributed by atoms with van der Waals surface area (Å²) in [6.07, 6.45) is 3.26. The number of rotatable bonds is 11. The lowest BCUT2D eigenvalue weighted by molar-refractivity contribution is -0.139. The van der Waals surface area contributed by atoms with Gasteiger partial charge in [0.1, 0.15) is 16.9 Å². The molecule has 0 spiro atoms. The first-order valence-electron chi connectivity index (χ1n) is 9.65. The van der Waals surface area contributed by atoms with E-state index in [1.807, 2.05) is 20.8 Å². The van der Waals surface area contributed by atoms with Crippen LogP contribution in [0.25, 0.3) is 0 Å². The van der Waals surface area contributed by atoms with E-state index in [9.17, 15) is 9.59 Å². The molecule has 2 atom stereocenters. The molecule has 1 rings (SSSR count). The van der Waals surface area contributed by atoms with Crippen molar-refractivity contribution in [2.24, 2.45) is 0 Å². The third-order valence-electron chi connectivity index (χ3n) is 4.50. The minimum absolute atomic E-state index is 0.0378. The van der Waals surface area contributed by atoms with Crippen molar-refractivity contribution in [2.45, 2.75) is 72.0 Å². The number of carbonyl (C=O) groups is 2. The SMILES string of the molecule is CCCC[C@@](C)(OCC)C(=O)Nc1ccc(O[C@@H](C)CC)c(C(=O)OC)c1. The molecule has 6 nitrogen and oxygen atoms in total. The van der Waals surface area contributed by atoms with Gasteiger partial charge in [-0.15, -0.1) is 0 Å². The van der Waals surface area contributed by atoms with Gasteiger partial charge in [-0.05, 0) is 51.8 Å². The number of esters is 1. The molecule has 1 aromatic rings. The smallest absolute Gasteiger partial charge is 0.341 e. The Bertz CT molecular complexity index is 631. The van der Waals surface area contributed by atoms with Crippen molar-refractivity contribution in [3.05, 3.63) is 23.8 Å². The third-order valence-corrected chi connectivity index (χ3v) is 4.50. The van der Waals surface area contributed by atoms with Crippen LogP contribution in [0, 0.1) is 0 Å². The maximum atomic E-state index is 12.8. The quantitative estimate of drug-likeness (QED) is 0.570. The number of hydrogen-bond acceptors (Lipinski definition) is 5. The summed E-state index contributed by atoms with van der Waals surface area (Å²) in [4.78, 5) is 24.9. The van der Waals surface area contributed by atoms with Crippen LogP contribution >= 0.6 is 0 Å². The van der Waals surface area contributed by atoms with Crippen molar-refractivity contribution < 1.29 is 23.8 Å². The topological polar surface area (TPSA) is 73.9 Å². The minimum Gasteiger partial charge on any atom is -0.490 e. The van der Waals surface area contributed by atoms with Gasteiger partial charge in [0.2, 0.25) is 0 Å². The van der Waals surface area contributed by atoms with E-state index < -0.39 is 11.6 Å². The highest BCUT2D eigenvalue weighted by Gasteiger charge is 2.33. The van der Waals surface area contributed by atoms with Crippen LogP contribution in [0.1, 0.15) is 70.7 Å². The van der Waals surface area contributed by atoms with Gasteiger partial charge < -0.3 is 19.5 Å². The Kier molecular flexibility index (Phi) is 9.29. The fourth-order valence-corrected chi connectivity index (χ4v) is 2.63.